The highest BCUT2D eigenvalue weighted by atomic mass is 31.2. The molecule has 0 spiro atoms. The fourth-order valence-electron chi connectivity index (χ4n) is 0.858. The van der Waals surface area contributed by atoms with Crippen LogP contribution in [0, 0.1) is 0 Å². The second-order valence-corrected chi connectivity index (χ2v) is 4.46. The van der Waals surface area contributed by atoms with Crippen LogP contribution in [0.25, 0.3) is 0 Å². The molecule has 0 bridgehead atoms. The number of aliphatic carboxylic acids is 1. The monoisotopic (exact) mass is 240 g/mol. The number of carboxylic acid groups (broad SMARTS) is 1. The third-order valence-corrected chi connectivity index (χ3v) is 2.73. The molecule has 8 nitrogen and oxygen atoms in total. The van der Waals surface area contributed by atoms with Gasteiger partial charge in [-0.25, -0.2) is 14.0 Å². The topological polar surface area (TPSA) is 141 Å². The number of carbonyl (C=O) groups excluding carboxylic acids is 1. The van der Waals surface area contributed by atoms with E-state index in [1.54, 1.807) is 0 Å². The van der Waals surface area contributed by atoms with Crippen molar-refractivity contribution in [1.29, 1.82) is 0 Å². The van der Waals surface area contributed by atoms with Crippen molar-refractivity contribution in [2.45, 2.75) is 25.9 Å². The molecule has 0 radical (unpaired) electrons. The van der Waals surface area contributed by atoms with Gasteiger partial charge >= 0.3 is 13.7 Å². The highest BCUT2D eigenvalue weighted by Crippen LogP contribution is 2.42. The molecule has 0 rings (SSSR count). The molecule has 0 saturated carbocycles. The summed E-state index contributed by atoms with van der Waals surface area (Å²) in [5.41, 5.74) is 5.14. The second-order valence-electron chi connectivity index (χ2n) is 3.00. The number of hydrogen-bond acceptors (Lipinski definition) is 4. The van der Waals surface area contributed by atoms with Crippen LogP contribution < -0.4 is 5.73 Å². The van der Waals surface area contributed by atoms with Crippen molar-refractivity contribution in [3.8, 4) is 0 Å². The molecule has 0 aromatic heterocycles. The van der Waals surface area contributed by atoms with Crippen LogP contribution in [-0.2, 0) is 14.2 Å². The maximum absolute atomic E-state index is 11.3. The third kappa shape index (κ3) is 3.60. The van der Waals surface area contributed by atoms with Gasteiger partial charge in [0.05, 0.1) is 6.04 Å². The first kappa shape index (κ1) is 14.1. The molecular formula is C6H13N2O6P. The molecule has 15 heavy (non-hydrogen) atoms. The fraction of sp³-hybridized carbons (Fsp3) is 0.667. The van der Waals surface area contributed by atoms with E-state index in [9.17, 15) is 14.2 Å². The molecule has 0 aliphatic rings. The van der Waals surface area contributed by atoms with Crippen LogP contribution in [-0.4, -0.2) is 43.5 Å². The Morgan fingerprint density at radius 1 is 1.33 bits per heavy atom. The van der Waals surface area contributed by atoms with Crippen molar-refractivity contribution >= 4 is 19.6 Å². The molecule has 9 heteroatoms. The maximum atomic E-state index is 11.3. The maximum Gasteiger partial charge on any atom is 0.433 e. The van der Waals surface area contributed by atoms with Crippen molar-refractivity contribution in [3.63, 3.8) is 0 Å². The van der Waals surface area contributed by atoms with Gasteiger partial charge in [0.25, 0.3) is 0 Å². The summed E-state index contributed by atoms with van der Waals surface area (Å²) < 4.78 is 10.9. The van der Waals surface area contributed by atoms with E-state index < -0.39 is 31.7 Å². The van der Waals surface area contributed by atoms with Gasteiger partial charge < -0.3 is 20.6 Å². The molecule has 0 aliphatic heterocycles. The predicted molar refractivity (Wildman–Crippen MR) is 49.6 cm³/mol. The number of rotatable bonds is 4. The molecule has 1 amide bonds. The van der Waals surface area contributed by atoms with Gasteiger partial charge in [-0.15, -0.1) is 0 Å². The Balaban J connectivity index is 5.17. The fourth-order valence-corrected chi connectivity index (χ4v) is 1.85. The largest absolute Gasteiger partial charge is 0.480 e. The number of nitrogens with two attached hydrogens (primary N) is 1. The second kappa shape index (κ2) is 4.71. The molecule has 5 N–H and O–H groups in total. The Morgan fingerprint density at radius 3 is 1.93 bits per heavy atom. The molecule has 0 saturated heterocycles. The summed E-state index contributed by atoms with van der Waals surface area (Å²) >= 11 is 0. The molecule has 0 aromatic rings. The average Bonchev–Trinajstić information content (AvgIpc) is 2.01. The highest BCUT2D eigenvalue weighted by Gasteiger charge is 2.39. The van der Waals surface area contributed by atoms with Crippen LogP contribution >= 0.6 is 7.75 Å². The van der Waals surface area contributed by atoms with Crippen LogP contribution in [0.5, 0.6) is 0 Å². The van der Waals surface area contributed by atoms with E-state index in [0.717, 1.165) is 6.92 Å². The third-order valence-electron chi connectivity index (χ3n) is 1.62. The van der Waals surface area contributed by atoms with Gasteiger partial charge in [-0.1, -0.05) is 0 Å². The summed E-state index contributed by atoms with van der Waals surface area (Å²) in [5.74, 6) is -2.63. The first-order chi connectivity index (χ1) is 6.59. The molecule has 0 aliphatic carbocycles. The molecule has 0 aromatic carbocycles. The number of amides is 1. The van der Waals surface area contributed by atoms with E-state index in [1.165, 1.54) is 6.92 Å². The molecule has 88 valence electrons. The first-order valence-electron chi connectivity index (χ1n) is 3.96. The van der Waals surface area contributed by atoms with Crippen LogP contribution in [0.15, 0.2) is 0 Å². The quantitative estimate of drug-likeness (QED) is 0.449. The van der Waals surface area contributed by atoms with Crippen LogP contribution in [0.1, 0.15) is 13.8 Å². The van der Waals surface area contributed by atoms with Gasteiger partial charge in [0.1, 0.15) is 6.04 Å². The summed E-state index contributed by atoms with van der Waals surface area (Å²) in [6, 6.07) is -2.82. The lowest BCUT2D eigenvalue weighted by atomic mass is 10.3. The van der Waals surface area contributed by atoms with Crippen LogP contribution in [0.4, 0.5) is 0 Å². The van der Waals surface area contributed by atoms with E-state index in [1.807, 2.05) is 0 Å². The zero-order valence-electron chi connectivity index (χ0n) is 8.19. The van der Waals surface area contributed by atoms with Gasteiger partial charge in [-0.3, -0.25) is 4.79 Å². The molecule has 2 atom stereocenters. The predicted octanol–water partition coefficient (Wildman–Crippen LogP) is -1.27. The Kier molecular flexibility index (Phi) is 4.42. The van der Waals surface area contributed by atoms with Crippen LogP contribution in [0.2, 0.25) is 0 Å². The minimum Gasteiger partial charge on any atom is -0.480 e. The van der Waals surface area contributed by atoms with Crippen molar-refractivity contribution < 1.29 is 29.0 Å². The standard InChI is InChI=1S/C6H13N2O6P/c1-3(7)5(9)8(15(12,13)14)4(2)6(10)11/h3-4H,7H2,1-2H3,(H,10,11)(H2,12,13,14)/t3-,4-/m0/s1. The zero-order chi connectivity index (χ0) is 12.4. The first-order valence-corrected chi connectivity index (χ1v) is 5.53. The summed E-state index contributed by atoms with van der Waals surface area (Å²) in [6.07, 6.45) is 0. The summed E-state index contributed by atoms with van der Waals surface area (Å²) in [4.78, 5) is 39.4. The lowest BCUT2D eigenvalue weighted by Crippen LogP contribution is -2.47. The SMILES string of the molecule is C[C@H](N)C(=O)N([C@@H](C)C(=O)O)P(=O)(O)O. The number of carboxylic acids is 1. The van der Waals surface area contributed by atoms with Gasteiger partial charge in [0.15, 0.2) is 0 Å². The van der Waals surface area contributed by atoms with E-state index in [-0.39, 0.29) is 4.67 Å². The Bertz CT molecular complexity index is 311. The average molecular weight is 240 g/mol. The smallest absolute Gasteiger partial charge is 0.433 e. The minimum atomic E-state index is -4.97. The van der Waals surface area contributed by atoms with Gasteiger partial charge in [0.2, 0.25) is 5.91 Å². The van der Waals surface area contributed by atoms with Crippen molar-refractivity contribution in [3.05, 3.63) is 0 Å². The van der Waals surface area contributed by atoms with Gasteiger partial charge in [0, 0.05) is 0 Å². The van der Waals surface area contributed by atoms with Crippen molar-refractivity contribution in [1.82, 2.24) is 4.67 Å². The van der Waals surface area contributed by atoms with Crippen molar-refractivity contribution in [2.24, 2.45) is 5.73 Å². The Labute approximate surface area is 85.9 Å². The summed E-state index contributed by atoms with van der Waals surface area (Å²) in [6.45, 7) is 2.20. The molecule has 0 heterocycles. The number of hydrogen-bond donors (Lipinski definition) is 4. The Morgan fingerprint density at radius 2 is 1.73 bits per heavy atom. The number of carbonyl (C=O) groups is 2. The van der Waals surface area contributed by atoms with Gasteiger partial charge in [-0.05, 0) is 13.8 Å². The Hall–Kier alpha value is -0.950. The van der Waals surface area contributed by atoms with Crippen LogP contribution in [0.3, 0.4) is 0 Å². The van der Waals surface area contributed by atoms with E-state index in [2.05, 4.69) is 0 Å². The molecule has 0 unspecified atom stereocenters. The lowest BCUT2D eigenvalue weighted by molar-refractivity contribution is -0.146. The minimum absolute atomic E-state index is 0.0278. The number of nitrogens with zero attached hydrogens (tertiary/aromatic N) is 1. The molecule has 0 fully saturated rings. The van der Waals surface area contributed by atoms with E-state index in [0.29, 0.717) is 0 Å². The van der Waals surface area contributed by atoms with Crippen molar-refractivity contribution in [2.75, 3.05) is 0 Å². The molecular weight excluding hydrogens is 227 g/mol. The zero-order valence-corrected chi connectivity index (χ0v) is 9.09. The lowest BCUT2D eigenvalue weighted by Gasteiger charge is -2.27. The summed E-state index contributed by atoms with van der Waals surface area (Å²) in [7, 11) is -4.97. The van der Waals surface area contributed by atoms with E-state index >= 15 is 0 Å². The van der Waals surface area contributed by atoms with E-state index in [4.69, 9.17) is 20.6 Å². The van der Waals surface area contributed by atoms with Gasteiger partial charge in [-0.2, -0.15) is 0 Å². The normalized spacial score (nSPS) is 15.5. The highest BCUT2D eigenvalue weighted by molar-refractivity contribution is 7.50. The summed E-state index contributed by atoms with van der Waals surface area (Å²) in [5, 5.41) is 8.57.